The van der Waals surface area contributed by atoms with Crippen molar-refractivity contribution in [3.05, 3.63) is 29.8 Å². The average molecular weight is 235 g/mol. The monoisotopic (exact) mass is 235 g/mol. The van der Waals surface area contributed by atoms with Crippen LogP contribution >= 0.6 is 0 Å². The van der Waals surface area contributed by atoms with Crippen LogP contribution in [0, 0.1) is 5.92 Å². The highest BCUT2D eigenvalue weighted by Gasteiger charge is 2.07. The van der Waals surface area contributed by atoms with Crippen LogP contribution in [-0.2, 0) is 0 Å². The molecule has 0 heterocycles. The number of rotatable bonds is 6. The van der Waals surface area contributed by atoms with E-state index in [0.29, 0.717) is 18.0 Å². The van der Waals surface area contributed by atoms with E-state index < -0.39 is 0 Å². The number of ether oxygens (including phenoxy) is 1. The first-order valence-electron chi connectivity index (χ1n) is 6.48. The quantitative estimate of drug-likeness (QED) is 0.810. The molecule has 0 saturated heterocycles. The van der Waals surface area contributed by atoms with E-state index >= 15 is 0 Å². The topological polar surface area (TPSA) is 21.3 Å². The molecule has 0 fully saturated rings. The standard InChI is InChI=1S/C15H25NO/c1-11(2)10-17-15-8-6-7-14(9-15)13(5)16-12(3)4/h6-9,11-13,16H,10H2,1-5H3/t13-/m0/s1. The van der Waals surface area contributed by atoms with Crippen molar-refractivity contribution in [1.29, 1.82) is 0 Å². The Bertz CT molecular complexity index is 333. The van der Waals surface area contributed by atoms with E-state index in [1.165, 1.54) is 5.56 Å². The van der Waals surface area contributed by atoms with Crippen LogP contribution in [0.3, 0.4) is 0 Å². The molecule has 0 bridgehead atoms. The summed E-state index contributed by atoms with van der Waals surface area (Å²) in [6, 6.07) is 9.20. The van der Waals surface area contributed by atoms with Gasteiger partial charge in [0, 0.05) is 12.1 Å². The Morgan fingerprint density at radius 2 is 1.82 bits per heavy atom. The maximum absolute atomic E-state index is 5.74. The van der Waals surface area contributed by atoms with Crippen LogP contribution in [0.2, 0.25) is 0 Å². The van der Waals surface area contributed by atoms with Crippen molar-refractivity contribution in [2.45, 2.75) is 46.7 Å². The minimum atomic E-state index is 0.359. The van der Waals surface area contributed by atoms with Crippen molar-refractivity contribution in [3.8, 4) is 5.75 Å². The summed E-state index contributed by atoms with van der Waals surface area (Å²) in [5.74, 6) is 1.53. The Morgan fingerprint density at radius 3 is 2.41 bits per heavy atom. The third-order valence-corrected chi connectivity index (χ3v) is 2.52. The molecule has 0 saturated carbocycles. The molecule has 1 atom stereocenters. The predicted octanol–water partition coefficient (Wildman–Crippen LogP) is 3.78. The Morgan fingerprint density at radius 1 is 1.12 bits per heavy atom. The molecule has 0 aliphatic carbocycles. The van der Waals surface area contributed by atoms with Crippen molar-refractivity contribution in [2.75, 3.05) is 6.61 Å². The van der Waals surface area contributed by atoms with Crippen LogP contribution in [0.5, 0.6) is 5.75 Å². The molecular formula is C15H25NO. The minimum Gasteiger partial charge on any atom is -0.493 e. The summed E-state index contributed by atoms with van der Waals surface area (Å²) in [4.78, 5) is 0. The van der Waals surface area contributed by atoms with Gasteiger partial charge in [0.2, 0.25) is 0 Å². The smallest absolute Gasteiger partial charge is 0.119 e. The number of nitrogens with one attached hydrogen (secondary N) is 1. The summed E-state index contributed by atoms with van der Waals surface area (Å²) in [6.07, 6.45) is 0. The highest BCUT2D eigenvalue weighted by molar-refractivity contribution is 5.30. The second kappa shape index (κ2) is 6.65. The van der Waals surface area contributed by atoms with Gasteiger partial charge >= 0.3 is 0 Å². The fourth-order valence-electron chi connectivity index (χ4n) is 1.73. The fourth-order valence-corrected chi connectivity index (χ4v) is 1.73. The van der Waals surface area contributed by atoms with E-state index in [0.717, 1.165) is 12.4 Å². The van der Waals surface area contributed by atoms with Gasteiger partial charge in [-0.05, 0) is 30.5 Å². The largest absolute Gasteiger partial charge is 0.493 e. The highest BCUT2D eigenvalue weighted by atomic mass is 16.5. The lowest BCUT2D eigenvalue weighted by molar-refractivity contribution is 0.270. The number of benzene rings is 1. The third kappa shape index (κ3) is 5.22. The molecule has 0 aromatic heterocycles. The second-order valence-electron chi connectivity index (χ2n) is 5.32. The number of hydrogen-bond donors (Lipinski definition) is 1. The summed E-state index contributed by atoms with van der Waals surface area (Å²) < 4.78 is 5.74. The maximum atomic E-state index is 5.74. The van der Waals surface area contributed by atoms with Crippen LogP contribution < -0.4 is 10.1 Å². The fraction of sp³-hybridized carbons (Fsp3) is 0.600. The molecule has 1 N–H and O–H groups in total. The molecule has 1 rings (SSSR count). The Hall–Kier alpha value is -1.02. The molecule has 2 heteroatoms. The third-order valence-electron chi connectivity index (χ3n) is 2.52. The van der Waals surface area contributed by atoms with Gasteiger partial charge in [0.25, 0.3) is 0 Å². The molecule has 0 aliphatic heterocycles. The summed E-state index contributed by atoms with van der Waals surface area (Å²) in [5.41, 5.74) is 1.28. The van der Waals surface area contributed by atoms with Crippen molar-refractivity contribution >= 4 is 0 Å². The van der Waals surface area contributed by atoms with Crippen molar-refractivity contribution in [3.63, 3.8) is 0 Å². The second-order valence-corrected chi connectivity index (χ2v) is 5.32. The molecule has 1 aromatic carbocycles. The lowest BCUT2D eigenvalue weighted by Gasteiger charge is -2.18. The van der Waals surface area contributed by atoms with E-state index in [9.17, 15) is 0 Å². The lowest BCUT2D eigenvalue weighted by atomic mass is 10.1. The molecule has 96 valence electrons. The lowest BCUT2D eigenvalue weighted by Crippen LogP contribution is -2.26. The van der Waals surface area contributed by atoms with E-state index in [2.05, 4.69) is 58.1 Å². The molecule has 0 radical (unpaired) electrons. The first kappa shape index (κ1) is 14.0. The van der Waals surface area contributed by atoms with Crippen LogP contribution in [0.15, 0.2) is 24.3 Å². The van der Waals surface area contributed by atoms with E-state index in [1.807, 2.05) is 6.07 Å². The van der Waals surface area contributed by atoms with E-state index in [4.69, 9.17) is 4.74 Å². The van der Waals surface area contributed by atoms with Gasteiger partial charge < -0.3 is 10.1 Å². The average Bonchev–Trinajstić information content (AvgIpc) is 2.26. The van der Waals surface area contributed by atoms with Crippen LogP contribution in [-0.4, -0.2) is 12.6 Å². The Balaban J connectivity index is 2.64. The molecule has 0 amide bonds. The van der Waals surface area contributed by atoms with E-state index in [-0.39, 0.29) is 0 Å². The zero-order valence-corrected chi connectivity index (χ0v) is 11.7. The molecule has 0 unspecified atom stereocenters. The SMILES string of the molecule is CC(C)COc1cccc([C@H](C)NC(C)C)c1. The Labute approximate surface area is 105 Å². The zero-order chi connectivity index (χ0) is 12.8. The van der Waals surface area contributed by atoms with Crippen molar-refractivity contribution in [2.24, 2.45) is 5.92 Å². The Kier molecular flexibility index (Phi) is 5.49. The highest BCUT2D eigenvalue weighted by Crippen LogP contribution is 2.19. The van der Waals surface area contributed by atoms with Crippen LogP contribution in [0.1, 0.15) is 46.2 Å². The molecule has 0 aliphatic rings. The van der Waals surface area contributed by atoms with Gasteiger partial charge in [0.15, 0.2) is 0 Å². The van der Waals surface area contributed by atoms with Gasteiger partial charge in [-0.25, -0.2) is 0 Å². The van der Waals surface area contributed by atoms with Gasteiger partial charge in [-0.15, -0.1) is 0 Å². The molecule has 2 nitrogen and oxygen atoms in total. The van der Waals surface area contributed by atoms with Crippen molar-refractivity contribution < 1.29 is 4.74 Å². The number of hydrogen-bond acceptors (Lipinski definition) is 2. The molecular weight excluding hydrogens is 210 g/mol. The van der Waals surface area contributed by atoms with Crippen molar-refractivity contribution in [1.82, 2.24) is 5.32 Å². The molecule has 1 aromatic rings. The summed E-state index contributed by atoms with van der Waals surface area (Å²) in [5, 5.41) is 3.50. The van der Waals surface area contributed by atoms with E-state index in [1.54, 1.807) is 0 Å². The van der Waals surface area contributed by atoms with Gasteiger partial charge in [0.05, 0.1) is 6.61 Å². The first-order valence-corrected chi connectivity index (χ1v) is 6.48. The molecule has 17 heavy (non-hydrogen) atoms. The van der Waals surface area contributed by atoms with Crippen LogP contribution in [0.25, 0.3) is 0 Å². The predicted molar refractivity (Wildman–Crippen MR) is 73.5 cm³/mol. The summed E-state index contributed by atoms with van der Waals surface area (Å²) in [7, 11) is 0. The normalized spacial score (nSPS) is 13.1. The van der Waals surface area contributed by atoms with Gasteiger partial charge in [0.1, 0.15) is 5.75 Å². The minimum absolute atomic E-state index is 0.359. The van der Waals surface area contributed by atoms with Crippen LogP contribution in [0.4, 0.5) is 0 Å². The summed E-state index contributed by atoms with van der Waals surface area (Å²) >= 11 is 0. The van der Waals surface area contributed by atoms with Gasteiger partial charge in [-0.3, -0.25) is 0 Å². The molecule has 0 spiro atoms. The zero-order valence-electron chi connectivity index (χ0n) is 11.7. The van der Waals surface area contributed by atoms with Gasteiger partial charge in [-0.1, -0.05) is 39.8 Å². The first-order chi connectivity index (χ1) is 7.99. The summed E-state index contributed by atoms with van der Waals surface area (Å²) in [6.45, 7) is 11.6. The van der Waals surface area contributed by atoms with Gasteiger partial charge in [-0.2, -0.15) is 0 Å². The maximum Gasteiger partial charge on any atom is 0.119 e.